The zero-order chi connectivity index (χ0) is 12.3. The van der Waals surface area contributed by atoms with Crippen LogP contribution in [-0.4, -0.2) is 27.6 Å². The Morgan fingerprint density at radius 1 is 1.56 bits per heavy atom. The summed E-state index contributed by atoms with van der Waals surface area (Å²) in [5.41, 5.74) is 0.337. The molecule has 86 valence electrons. The Morgan fingerprint density at radius 3 is 2.69 bits per heavy atom. The predicted octanol–water partition coefficient (Wildman–Crippen LogP) is 0.868. The van der Waals surface area contributed by atoms with Gasteiger partial charge in [0.05, 0.1) is 7.11 Å². The number of ether oxygens (including phenoxy) is 1. The third kappa shape index (κ3) is 2.19. The number of thiophene rings is 1. The number of carbonyl (C=O) groups excluding carboxylic acids is 2. The summed E-state index contributed by atoms with van der Waals surface area (Å²) in [6.45, 7) is 1.50. The highest BCUT2D eigenvalue weighted by atomic mass is 32.2. The topological polar surface area (TPSA) is 89.9 Å². The average Bonchev–Trinajstić information content (AvgIpc) is 2.59. The van der Waals surface area contributed by atoms with Crippen LogP contribution in [0.1, 0.15) is 15.2 Å². The van der Waals surface area contributed by atoms with Gasteiger partial charge in [0.1, 0.15) is 9.77 Å². The molecule has 1 rings (SSSR count). The number of rotatable bonds is 3. The van der Waals surface area contributed by atoms with Crippen molar-refractivity contribution in [1.82, 2.24) is 0 Å². The summed E-state index contributed by atoms with van der Waals surface area (Å²) < 4.78 is 30.2. The minimum absolute atomic E-state index is 0.0981. The first-order valence-electron chi connectivity index (χ1n) is 3.94. The Bertz CT molecular complexity index is 565. The molecule has 6 nitrogen and oxygen atoms in total. The number of carbonyl (C=O) groups is 1. The smallest absolute Gasteiger partial charge is 0.349 e. The number of esters is 1. The minimum atomic E-state index is -4.17. The van der Waals surface area contributed by atoms with Gasteiger partial charge >= 0.3 is 5.97 Å². The third-order valence-corrected chi connectivity index (χ3v) is 4.27. The van der Waals surface area contributed by atoms with Crippen molar-refractivity contribution in [2.45, 2.75) is 11.8 Å². The Labute approximate surface area is 95.6 Å². The van der Waals surface area contributed by atoms with Crippen LogP contribution in [0.15, 0.2) is 14.7 Å². The fraction of sp³-hybridized carbons (Fsp3) is 0.250. The van der Waals surface area contributed by atoms with Gasteiger partial charge in [-0.25, -0.2) is 9.59 Å². The highest BCUT2D eigenvalue weighted by molar-refractivity contribution is 7.90. The number of hydrogen-bond donors (Lipinski definition) is 0. The van der Waals surface area contributed by atoms with Crippen molar-refractivity contribution in [2.24, 2.45) is 4.40 Å². The summed E-state index contributed by atoms with van der Waals surface area (Å²) in [4.78, 5) is 20.9. The summed E-state index contributed by atoms with van der Waals surface area (Å²) in [6.07, 6.45) is 0.947. The van der Waals surface area contributed by atoms with Crippen LogP contribution < -0.4 is 0 Å². The van der Waals surface area contributed by atoms with Gasteiger partial charge in [-0.15, -0.1) is 11.3 Å². The van der Waals surface area contributed by atoms with Crippen LogP contribution in [0.2, 0.25) is 0 Å². The van der Waals surface area contributed by atoms with Gasteiger partial charge in [-0.3, -0.25) is 0 Å². The van der Waals surface area contributed by atoms with Gasteiger partial charge in [0.2, 0.25) is 0 Å². The molecule has 0 aliphatic rings. The quantitative estimate of drug-likeness (QED) is 0.457. The second-order valence-electron chi connectivity index (χ2n) is 2.73. The second-order valence-corrected chi connectivity index (χ2v) is 5.15. The van der Waals surface area contributed by atoms with Crippen molar-refractivity contribution in [3.8, 4) is 0 Å². The van der Waals surface area contributed by atoms with Crippen molar-refractivity contribution < 1.29 is 22.7 Å². The van der Waals surface area contributed by atoms with E-state index in [-0.39, 0.29) is 9.77 Å². The number of hydrogen-bond acceptors (Lipinski definition) is 6. The first-order valence-corrected chi connectivity index (χ1v) is 6.26. The van der Waals surface area contributed by atoms with Gasteiger partial charge < -0.3 is 4.74 Å². The van der Waals surface area contributed by atoms with Crippen molar-refractivity contribution in [1.29, 1.82) is 0 Å². The molecule has 0 bridgehead atoms. The summed E-state index contributed by atoms with van der Waals surface area (Å²) in [6, 6.07) is 0. The highest BCUT2D eigenvalue weighted by Gasteiger charge is 2.27. The van der Waals surface area contributed by atoms with Crippen LogP contribution in [0.5, 0.6) is 0 Å². The van der Waals surface area contributed by atoms with E-state index >= 15 is 0 Å². The van der Waals surface area contributed by atoms with Crippen LogP contribution >= 0.6 is 11.3 Å². The normalized spacial score (nSPS) is 10.6. The Balaban J connectivity index is 3.50. The first kappa shape index (κ1) is 12.6. The molecule has 1 heterocycles. The van der Waals surface area contributed by atoms with Gasteiger partial charge in [-0.05, 0) is 17.9 Å². The van der Waals surface area contributed by atoms with E-state index in [4.69, 9.17) is 0 Å². The van der Waals surface area contributed by atoms with Crippen molar-refractivity contribution in [3.63, 3.8) is 0 Å². The SMILES string of the molecule is COC(=O)c1scc(C)c1S(=O)(=O)N=C=O. The molecule has 0 saturated carbocycles. The standard InChI is InChI=1S/C8H7NO5S2/c1-5-3-15-6(8(11)14-2)7(5)16(12,13)9-4-10/h3H,1-2H3. The van der Waals surface area contributed by atoms with Crippen LogP contribution in [-0.2, 0) is 19.6 Å². The van der Waals surface area contributed by atoms with Crippen molar-refractivity contribution in [2.75, 3.05) is 7.11 Å². The first-order chi connectivity index (χ1) is 7.44. The minimum Gasteiger partial charge on any atom is -0.465 e. The number of methoxy groups -OCH3 is 1. The Morgan fingerprint density at radius 2 is 2.19 bits per heavy atom. The molecule has 0 spiro atoms. The van der Waals surface area contributed by atoms with E-state index in [1.54, 1.807) is 0 Å². The maximum Gasteiger partial charge on any atom is 0.349 e. The zero-order valence-corrected chi connectivity index (χ0v) is 10.0. The van der Waals surface area contributed by atoms with E-state index in [1.807, 2.05) is 0 Å². The molecular weight excluding hydrogens is 254 g/mol. The molecule has 0 fully saturated rings. The van der Waals surface area contributed by atoms with Crippen LogP contribution in [0.25, 0.3) is 0 Å². The van der Waals surface area contributed by atoms with E-state index in [1.165, 1.54) is 12.3 Å². The molecule has 0 aliphatic heterocycles. The molecule has 16 heavy (non-hydrogen) atoms. The maximum atomic E-state index is 11.5. The molecule has 1 aromatic heterocycles. The summed E-state index contributed by atoms with van der Waals surface area (Å²) in [7, 11) is -3.04. The number of aryl methyl sites for hydroxylation is 1. The van der Waals surface area contributed by atoms with Gasteiger partial charge in [0.25, 0.3) is 16.1 Å². The fourth-order valence-corrected chi connectivity index (χ4v) is 3.45. The monoisotopic (exact) mass is 261 g/mol. The second kappa shape index (κ2) is 4.56. The lowest BCUT2D eigenvalue weighted by Gasteiger charge is -2.00. The molecular formula is C8H7NO5S2. The fourth-order valence-electron chi connectivity index (χ4n) is 1.08. The lowest BCUT2D eigenvalue weighted by Crippen LogP contribution is -2.06. The molecule has 0 amide bonds. The Hall–Kier alpha value is -1.50. The highest BCUT2D eigenvalue weighted by Crippen LogP contribution is 2.28. The predicted molar refractivity (Wildman–Crippen MR) is 55.7 cm³/mol. The zero-order valence-electron chi connectivity index (χ0n) is 8.38. The third-order valence-electron chi connectivity index (χ3n) is 1.70. The van der Waals surface area contributed by atoms with E-state index in [9.17, 15) is 18.0 Å². The molecule has 0 aliphatic carbocycles. The maximum absolute atomic E-state index is 11.5. The largest absolute Gasteiger partial charge is 0.465 e. The molecule has 0 saturated heterocycles. The van der Waals surface area contributed by atoms with E-state index in [2.05, 4.69) is 9.13 Å². The molecule has 1 aromatic rings. The average molecular weight is 261 g/mol. The van der Waals surface area contributed by atoms with Crippen LogP contribution in [0.3, 0.4) is 0 Å². The molecule has 0 radical (unpaired) electrons. The van der Waals surface area contributed by atoms with Crippen LogP contribution in [0, 0.1) is 6.92 Å². The molecule has 8 heteroatoms. The Kier molecular flexibility index (Phi) is 3.58. The van der Waals surface area contributed by atoms with E-state index < -0.39 is 16.0 Å². The summed E-state index contributed by atoms with van der Waals surface area (Å²) in [5.74, 6) is -0.780. The van der Waals surface area contributed by atoms with Crippen LogP contribution in [0.4, 0.5) is 0 Å². The van der Waals surface area contributed by atoms with Gasteiger partial charge in [0, 0.05) is 0 Å². The number of isocyanates is 1. The van der Waals surface area contributed by atoms with Crippen molar-refractivity contribution >= 4 is 33.4 Å². The molecule has 0 N–H and O–H groups in total. The summed E-state index contributed by atoms with van der Waals surface area (Å²) >= 11 is 0.918. The molecule has 0 atom stereocenters. The van der Waals surface area contributed by atoms with Gasteiger partial charge in [0.15, 0.2) is 0 Å². The van der Waals surface area contributed by atoms with Gasteiger partial charge in [-0.1, -0.05) is 4.40 Å². The van der Waals surface area contributed by atoms with Gasteiger partial charge in [-0.2, -0.15) is 8.42 Å². The number of sulfonamides is 1. The molecule has 0 unspecified atom stereocenters. The summed E-state index contributed by atoms with van der Waals surface area (Å²) in [5, 5.41) is 1.47. The lowest BCUT2D eigenvalue weighted by molar-refractivity contribution is 0.0602. The molecule has 0 aromatic carbocycles. The number of nitrogens with zero attached hydrogens (tertiary/aromatic N) is 1. The lowest BCUT2D eigenvalue weighted by atomic mass is 10.3. The van der Waals surface area contributed by atoms with E-state index in [0.717, 1.165) is 24.5 Å². The van der Waals surface area contributed by atoms with Crippen molar-refractivity contribution in [3.05, 3.63) is 15.8 Å². The van der Waals surface area contributed by atoms with E-state index in [0.29, 0.717) is 5.56 Å².